The zero-order valence-corrected chi connectivity index (χ0v) is 23.0. The zero-order chi connectivity index (χ0) is 26.9. The molecule has 2 aromatic carbocycles. The van der Waals surface area contributed by atoms with Gasteiger partial charge in [0.15, 0.2) is 0 Å². The molecule has 0 unspecified atom stereocenters. The minimum atomic E-state index is -3.87. The number of hydrogen-bond donors (Lipinski definition) is 3. The van der Waals surface area contributed by atoms with Crippen LogP contribution in [0.2, 0.25) is 5.02 Å². The highest BCUT2D eigenvalue weighted by atomic mass is 35.5. The Morgan fingerprint density at radius 2 is 1.79 bits per heavy atom. The first kappa shape index (κ1) is 26.3. The topological polar surface area (TPSA) is 123 Å². The van der Waals surface area contributed by atoms with Gasteiger partial charge in [0, 0.05) is 29.2 Å². The van der Waals surface area contributed by atoms with Gasteiger partial charge in [-0.3, -0.25) is 4.72 Å². The van der Waals surface area contributed by atoms with Gasteiger partial charge >= 0.3 is 0 Å². The van der Waals surface area contributed by atoms with Crippen molar-refractivity contribution in [3.63, 3.8) is 0 Å². The van der Waals surface area contributed by atoms with Crippen molar-refractivity contribution in [3.8, 4) is 11.1 Å². The van der Waals surface area contributed by atoms with Crippen LogP contribution in [0.1, 0.15) is 43.9 Å². The Kier molecular flexibility index (Phi) is 7.52. The van der Waals surface area contributed by atoms with Crippen molar-refractivity contribution < 1.29 is 8.42 Å². The van der Waals surface area contributed by atoms with Crippen LogP contribution in [-0.2, 0) is 16.4 Å². The molecule has 10 heteroatoms. The minimum Gasteiger partial charge on any atom is -0.351 e. The molecule has 4 N–H and O–H groups in total. The third-order valence-electron chi connectivity index (χ3n) is 7.00. The van der Waals surface area contributed by atoms with Gasteiger partial charge in [-0.25, -0.2) is 23.4 Å². The Labute approximate surface area is 228 Å². The molecule has 0 bridgehead atoms. The average molecular weight is 551 g/mol. The summed E-state index contributed by atoms with van der Waals surface area (Å²) in [7, 11) is -3.87. The van der Waals surface area contributed by atoms with Crippen molar-refractivity contribution >= 4 is 44.3 Å². The number of nitrogens with zero attached hydrogens (tertiary/aromatic N) is 3. The number of aryl methyl sites for hydroxylation is 2. The van der Waals surface area contributed by atoms with E-state index in [-0.39, 0.29) is 15.7 Å². The number of halogens is 1. The van der Waals surface area contributed by atoms with Gasteiger partial charge < -0.3 is 11.1 Å². The van der Waals surface area contributed by atoms with Crippen molar-refractivity contribution in [3.05, 3.63) is 71.0 Å². The predicted molar refractivity (Wildman–Crippen MR) is 153 cm³/mol. The summed E-state index contributed by atoms with van der Waals surface area (Å²) in [6.07, 6.45) is 6.55. The monoisotopic (exact) mass is 550 g/mol. The second-order valence-electron chi connectivity index (χ2n) is 9.76. The molecule has 5 rings (SSSR count). The standard InChI is InChI=1S/C28H31ClN6O2S/c1-3-24-21(12-13-27(33-24)35-38(36,37)26-7-5-4-6-23(26)29)22-15-18-16-31-28(34-25(18)14-17(22)2)32-20-10-8-19(30)9-11-20/h4-7,12-16,19-20H,3,8-11,30H2,1-2H3,(H,33,35)(H,31,32,34). The van der Waals surface area contributed by atoms with Crippen molar-refractivity contribution in [2.24, 2.45) is 5.73 Å². The number of anilines is 2. The van der Waals surface area contributed by atoms with Crippen LogP contribution in [0, 0.1) is 6.92 Å². The molecule has 0 saturated heterocycles. The van der Waals surface area contributed by atoms with Gasteiger partial charge in [-0.05, 0) is 86.6 Å². The highest BCUT2D eigenvalue weighted by molar-refractivity contribution is 7.92. The molecule has 1 saturated carbocycles. The van der Waals surface area contributed by atoms with Gasteiger partial charge in [-0.1, -0.05) is 30.7 Å². The highest BCUT2D eigenvalue weighted by Gasteiger charge is 2.21. The van der Waals surface area contributed by atoms with Crippen LogP contribution in [-0.4, -0.2) is 35.5 Å². The van der Waals surface area contributed by atoms with Gasteiger partial charge in [0.2, 0.25) is 5.95 Å². The zero-order valence-electron chi connectivity index (χ0n) is 21.4. The van der Waals surface area contributed by atoms with E-state index in [0.29, 0.717) is 24.5 Å². The molecule has 8 nitrogen and oxygen atoms in total. The van der Waals surface area contributed by atoms with E-state index in [0.717, 1.165) is 59.0 Å². The fraction of sp³-hybridized carbons (Fsp3) is 0.321. The first-order chi connectivity index (χ1) is 18.2. The predicted octanol–water partition coefficient (Wildman–Crippen LogP) is 5.70. The van der Waals surface area contributed by atoms with Gasteiger partial charge in [0.25, 0.3) is 10.0 Å². The quantitative estimate of drug-likeness (QED) is 0.270. The lowest BCUT2D eigenvalue weighted by molar-refractivity contribution is 0.410. The highest BCUT2D eigenvalue weighted by Crippen LogP contribution is 2.32. The summed E-state index contributed by atoms with van der Waals surface area (Å²) in [6, 6.07) is 14.7. The number of aromatic nitrogens is 3. The van der Waals surface area contributed by atoms with Crippen molar-refractivity contribution in [2.75, 3.05) is 10.0 Å². The second-order valence-corrected chi connectivity index (χ2v) is 11.8. The van der Waals surface area contributed by atoms with E-state index >= 15 is 0 Å². The Balaban J connectivity index is 1.41. The van der Waals surface area contributed by atoms with Crippen LogP contribution in [0.4, 0.5) is 11.8 Å². The fourth-order valence-electron chi connectivity index (χ4n) is 4.92. The summed E-state index contributed by atoms with van der Waals surface area (Å²) in [5, 5.41) is 4.54. The molecular formula is C28H31ClN6O2S. The minimum absolute atomic E-state index is 0.0110. The second kappa shape index (κ2) is 10.8. The van der Waals surface area contributed by atoms with Crippen LogP contribution >= 0.6 is 11.6 Å². The smallest absolute Gasteiger partial charge is 0.264 e. The molecule has 0 spiro atoms. The van der Waals surface area contributed by atoms with E-state index in [1.54, 1.807) is 24.3 Å². The molecule has 1 aliphatic carbocycles. The Morgan fingerprint density at radius 3 is 2.53 bits per heavy atom. The molecule has 38 heavy (non-hydrogen) atoms. The van der Waals surface area contributed by atoms with E-state index in [1.165, 1.54) is 6.07 Å². The fourth-order valence-corrected chi connectivity index (χ4v) is 6.44. The summed E-state index contributed by atoms with van der Waals surface area (Å²) in [4.78, 5) is 14.0. The van der Waals surface area contributed by atoms with E-state index in [4.69, 9.17) is 22.3 Å². The maximum Gasteiger partial charge on any atom is 0.264 e. The Bertz CT molecular complexity index is 1590. The van der Waals surface area contributed by atoms with Gasteiger partial charge in [-0.2, -0.15) is 0 Å². The number of hydrogen-bond acceptors (Lipinski definition) is 7. The van der Waals surface area contributed by atoms with E-state index in [2.05, 4.69) is 32.1 Å². The average Bonchev–Trinajstić information content (AvgIpc) is 2.89. The maximum absolute atomic E-state index is 12.9. The third kappa shape index (κ3) is 5.60. The molecule has 0 atom stereocenters. The van der Waals surface area contributed by atoms with Crippen molar-refractivity contribution in [2.45, 2.75) is 62.9 Å². The number of fused-ring (bicyclic) bond motifs is 1. The molecule has 1 aliphatic rings. The molecular weight excluding hydrogens is 520 g/mol. The number of rotatable bonds is 7. The SMILES string of the molecule is CCc1nc(NS(=O)(=O)c2ccccc2Cl)ccc1-c1cc2cnc(NC3CCC(N)CC3)nc2cc1C. The van der Waals surface area contributed by atoms with Crippen LogP contribution in [0.15, 0.2) is 59.6 Å². The lowest BCUT2D eigenvalue weighted by Crippen LogP contribution is -2.33. The molecule has 0 radical (unpaired) electrons. The number of benzene rings is 2. The summed E-state index contributed by atoms with van der Waals surface area (Å²) >= 11 is 6.11. The first-order valence-electron chi connectivity index (χ1n) is 12.8. The van der Waals surface area contributed by atoms with E-state index < -0.39 is 10.0 Å². The number of nitrogens with two attached hydrogens (primary N) is 1. The van der Waals surface area contributed by atoms with Gasteiger partial charge in [0.1, 0.15) is 10.7 Å². The van der Waals surface area contributed by atoms with Crippen LogP contribution in [0.25, 0.3) is 22.0 Å². The number of pyridine rings is 1. The summed E-state index contributed by atoms with van der Waals surface area (Å²) < 4.78 is 28.3. The summed E-state index contributed by atoms with van der Waals surface area (Å²) in [5.41, 5.74) is 10.7. The molecule has 0 aliphatic heterocycles. The summed E-state index contributed by atoms with van der Waals surface area (Å²) in [5.74, 6) is 0.878. The normalized spacial score (nSPS) is 17.9. The Morgan fingerprint density at radius 1 is 1.03 bits per heavy atom. The molecule has 0 amide bonds. The van der Waals surface area contributed by atoms with Crippen LogP contribution in [0.5, 0.6) is 0 Å². The molecule has 2 aromatic heterocycles. The Hall–Kier alpha value is -3.27. The summed E-state index contributed by atoms with van der Waals surface area (Å²) in [6.45, 7) is 4.04. The number of nitrogens with one attached hydrogen (secondary N) is 2. The molecule has 1 fully saturated rings. The lowest BCUT2D eigenvalue weighted by atomic mass is 9.92. The lowest BCUT2D eigenvalue weighted by Gasteiger charge is -2.26. The van der Waals surface area contributed by atoms with E-state index in [1.807, 2.05) is 26.1 Å². The van der Waals surface area contributed by atoms with Gasteiger partial charge in [0.05, 0.1) is 16.2 Å². The van der Waals surface area contributed by atoms with Gasteiger partial charge in [-0.15, -0.1) is 0 Å². The molecule has 2 heterocycles. The van der Waals surface area contributed by atoms with Crippen molar-refractivity contribution in [1.29, 1.82) is 0 Å². The number of sulfonamides is 1. The van der Waals surface area contributed by atoms with Crippen LogP contribution in [0.3, 0.4) is 0 Å². The largest absolute Gasteiger partial charge is 0.351 e. The molecule has 4 aromatic rings. The maximum atomic E-state index is 12.9. The first-order valence-corrected chi connectivity index (χ1v) is 14.7. The van der Waals surface area contributed by atoms with E-state index in [9.17, 15) is 8.42 Å². The van der Waals surface area contributed by atoms with Crippen LogP contribution < -0.4 is 15.8 Å². The molecule has 198 valence electrons. The van der Waals surface area contributed by atoms with Crippen molar-refractivity contribution in [1.82, 2.24) is 15.0 Å². The third-order valence-corrected chi connectivity index (χ3v) is 8.85.